The van der Waals surface area contributed by atoms with E-state index < -0.39 is 0 Å². The van der Waals surface area contributed by atoms with Crippen molar-refractivity contribution < 1.29 is 9.47 Å². The molecule has 0 saturated carbocycles. The van der Waals surface area contributed by atoms with Crippen LogP contribution in [-0.4, -0.2) is 32.7 Å². The molecule has 0 rings (SSSR count). The fourth-order valence-corrected chi connectivity index (χ4v) is 0.923. The quantitative estimate of drug-likeness (QED) is 0.451. The minimum Gasteiger partial charge on any atom is -0.385 e. The maximum absolute atomic E-state index is 5.25. The van der Waals surface area contributed by atoms with Crippen LogP contribution in [0.3, 0.4) is 0 Å². The van der Waals surface area contributed by atoms with Crippen LogP contribution in [0.5, 0.6) is 0 Å². The predicted molar refractivity (Wildman–Crippen MR) is 50.4 cm³/mol. The van der Waals surface area contributed by atoms with Crippen LogP contribution in [0.4, 0.5) is 0 Å². The first-order valence-corrected chi connectivity index (χ1v) is 4.72. The summed E-state index contributed by atoms with van der Waals surface area (Å²) in [4.78, 5) is 0. The van der Waals surface area contributed by atoms with Crippen molar-refractivity contribution >= 4 is 12.6 Å². The Balaban J connectivity index is 2.69. The maximum Gasteiger partial charge on any atom is 0.0554 e. The number of hydrogen-bond acceptors (Lipinski definition) is 3. The number of rotatable bonds is 8. The summed E-state index contributed by atoms with van der Waals surface area (Å²) in [6.45, 7) is 2.50. The molecule has 0 aromatic rings. The summed E-state index contributed by atoms with van der Waals surface area (Å²) >= 11 is 4.03. The van der Waals surface area contributed by atoms with E-state index in [1.165, 1.54) is 6.42 Å². The van der Waals surface area contributed by atoms with Crippen molar-refractivity contribution in [3.8, 4) is 0 Å². The summed E-state index contributed by atoms with van der Waals surface area (Å²) in [5.41, 5.74) is 0. The van der Waals surface area contributed by atoms with Crippen molar-refractivity contribution in [1.82, 2.24) is 0 Å². The van der Waals surface area contributed by atoms with Gasteiger partial charge in [0.2, 0.25) is 0 Å². The number of unbranched alkanes of at least 4 members (excludes halogenated alkanes) is 2. The highest BCUT2D eigenvalue weighted by Crippen LogP contribution is 1.95. The zero-order chi connectivity index (χ0) is 8.36. The van der Waals surface area contributed by atoms with E-state index in [1.54, 1.807) is 7.11 Å². The van der Waals surface area contributed by atoms with Gasteiger partial charge in [-0.3, -0.25) is 0 Å². The van der Waals surface area contributed by atoms with Gasteiger partial charge in [-0.1, -0.05) is 0 Å². The minimum absolute atomic E-state index is 0.771. The molecule has 68 valence electrons. The highest BCUT2D eigenvalue weighted by atomic mass is 32.1. The van der Waals surface area contributed by atoms with Crippen LogP contribution in [-0.2, 0) is 9.47 Å². The molecule has 0 amide bonds. The first-order chi connectivity index (χ1) is 5.41. The van der Waals surface area contributed by atoms with Gasteiger partial charge < -0.3 is 9.47 Å². The number of methoxy groups -OCH3 is 1. The molecular weight excluding hydrogens is 160 g/mol. The average Bonchev–Trinajstić information content (AvgIpc) is 2.03. The van der Waals surface area contributed by atoms with Crippen molar-refractivity contribution in [2.45, 2.75) is 19.3 Å². The molecule has 0 bridgehead atoms. The van der Waals surface area contributed by atoms with E-state index in [-0.39, 0.29) is 0 Å². The zero-order valence-electron chi connectivity index (χ0n) is 7.21. The van der Waals surface area contributed by atoms with E-state index in [0.29, 0.717) is 0 Å². The second-order valence-corrected chi connectivity index (χ2v) is 2.84. The van der Waals surface area contributed by atoms with Gasteiger partial charge in [-0.15, -0.1) is 0 Å². The van der Waals surface area contributed by atoms with E-state index >= 15 is 0 Å². The monoisotopic (exact) mass is 178 g/mol. The van der Waals surface area contributed by atoms with E-state index in [1.807, 2.05) is 0 Å². The Labute approximate surface area is 74.7 Å². The standard InChI is InChI=1S/C8H18O2S/c1-9-5-3-2-4-6-10-7-8-11/h11H,2-8H2,1H3. The third kappa shape index (κ3) is 10.3. The predicted octanol–water partition coefficient (Wildman–Crippen LogP) is 1.75. The summed E-state index contributed by atoms with van der Waals surface area (Å²) in [5.74, 6) is 0.818. The molecule has 0 unspecified atom stereocenters. The van der Waals surface area contributed by atoms with Gasteiger partial charge in [0.05, 0.1) is 6.61 Å². The lowest BCUT2D eigenvalue weighted by molar-refractivity contribution is 0.140. The second kappa shape index (κ2) is 10.3. The SMILES string of the molecule is COCCCCCOCCS. The molecule has 0 radical (unpaired) electrons. The van der Waals surface area contributed by atoms with Gasteiger partial charge >= 0.3 is 0 Å². The van der Waals surface area contributed by atoms with Crippen molar-refractivity contribution in [3.63, 3.8) is 0 Å². The Morgan fingerprint density at radius 2 is 1.73 bits per heavy atom. The molecule has 0 aliphatic carbocycles. The lowest BCUT2D eigenvalue weighted by Crippen LogP contribution is -1.98. The first-order valence-electron chi connectivity index (χ1n) is 4.09. The number of hydrogen-bond donors (Lipinski definition) is 1. The zero-order valence-corrected chi connectivity index (χ0v) is 8.11. The van der Waals surface area contributed by atoms with Crippen LogP contribution in [0, 0.1) is 0 Å². The molecule has 0 saturated heterocycles. The Bertz CT molecular complexity index is 61.1. The van der Waals surface area contributed by atoms with Gasteiger partial charge in [-0.25, -0.2) is 0 Å². The molecule has 0 aliphatic rings. The third-order valence-corrected chi connectivity index (χ3v) is 1.56. The van der Waals surface area contributed by atoms with Crippen LogP contribution in [0.25, 0.3) is 0 Å². The fraction of sp³-hybridized carbons (Fsp3) is 1.00. The van der Waals surface area contributed by atoms with Crippen LogP contribution in [0.15, 0.2) is 0 Å². The fourth-order valence-electron chi connectivity index (χ4n) is 0.794. The molecule has 0 spiro atoms. The Morgan fingerprint density at radius 3 is 2.36 bits per heavy atom. The smallest absolute Gasteiger partial charge is 0.0554 e. The van der Waals surface area contributed by atoms with Crippen molar-refractivity contribution in [2.75, 3.05) is 32.7 Å². The molecule has 0 heterocycles. The molecule has 3 heteroatoms. The molecular formula is C8H18O2S. The largest absolute Gasteiger partial charge is 0.385 e. The normalized spacial score (nSPS) is 10.4. The van der Waals surface area contributed by atoms with E-state index in [4.69, 9.17) is 9.47 Å². The van der Waals surface area contributed by atoms with Crippen molar-refractivity contribution in [1.29, 1.82) is 0 Å². The second-order valence-electron chi connectivity index (χ2n) is 2.39. The van der Waals surface area contributed by atoms with Crippen LogP contribution in [0.2, 0.25) is 0 Å². The van der Waals surface area contributed by atoms with E-state index in [9.17, 15) is 0 Å². The van der Waals surface area contributed by atoms with Crippen LogP contribution in [0.1, 0.15) is 19.3 Å². The molecule has 11 heavy (non-hydrogen) atoms. The third-order valence-electron chi connectivity index (χ3n) is 1.37. The highest BCUT2D eigenvalue weighted by molar-refractivity contribution is 7.80. The average molecular weight is 178 g/mol. The minimum atomic E-state index is 0.771. The molecule has 0 aromatic carbocycles. The first kappa shape index (κ1) is 11.3. The van der Waals surface area contributed by atoms with Gasteiger partial charge in [-0.2, -0.15) is 12.6 Å². The summed E-state index contributed by atoms with van der Waals surface area (Å²) in [7, 11) is 1.73. The summed E-state index contributed by atoms with van der Waals surface area (Å²) < 4.78 is 10.2. The molecule has 2 nitrogen and oxygen atoms in total. The summed E-state index contributed by atoms with van der Waals surface area (Å²) in [6, 6.07) is 0. The topological polar surface area (TPSA) is 18.5 Å². The lowest BCUT2D eigenvalue weighted by atomic mass is 10.2. The van der Waals surface area contributed by atoms with Crippen LogP contribution >= 0.6 is 12.6 Å². The Morgan fingerprint density at radius 1 is 1.00 bits per heavy atom. The van der Waals surface area contributed by atoms with E-state index in [0.717, 1.165) is 38.4 Å². The van der Waals surface area contributed by atoms with Gasteiger partial charge in [0.15, 0.2) is 0 Å². The van der Waals surface area contributed by atoms with Crippen LogP contribution < -0.4 is 0 Å². The highest BCUT2D eigenvalue weighted by Gasteiger charge is 1.88. The van der Waals surface area contributed by atoms with E-state index in [2.05, 4.69) is 12.6 Å². The van der Waals surface area contributed by atoms with Crippen molar-refractivity contribution in [3.05, 3.63) is 0 Å². The molecule has 0 fully saturated rings. The van der Waals surface area contributed by atoms with Gasteiger partial charge in [0, 0.05) is 26.1 Å². The Kier molecular flexibility index (Phi) is 10.5. The molecule has 0 aromatic heterocycles. The van der Waals surface area contributed by atoms with Crippen molar-refractivity contribution in [2.24, 2.45) is 0 Å². The van der Waals surface area contributed by atoms with Gasteiger partial charge in [0.1, 0.15) is 0 Å². The summed E-state index contributed by atoms with van der Waals surface area (Å²) in [6.07, 6.45) is 3.47. The Hall–Kier alpha value is 0.270. The molecule has 0 aliphatic heterocycles. The molecule has 0 N–H and O–H groups in total. The summed E-state index contributed by atoms with van der Waals surface area (Å²) in [5, 5.41) is 0. The molecule has 0 atom stereocenters. The number of thiol groups is 1. The maximum atomic E-state index is 5.25. The van der Waals surface area contributed by atoms with Gasteiger partial charge in [0.25, 0.3) is 0 Å². The lowest BCUT2D eigenvalue weighted by Gasteiger charge is -2.01. The number of ether oxygens (including phenoxy) is 2. The van der Waals surface area contributed by atoms with Gasteiger partial charge in [-0.05, 0) is 19.3 Å².